The second kappa shape index (κ2) is 4.67. The largest absolute Gasteiger partial charge is 0.481 e. The standard InChI is InChI=1S/C13H21NO5/c1-12(2,3)19-11(17)14-8-9(10(15)16)13(14)4-6-18-7-5-13/h9H,4-8H2,1-3H3,(H,15,16). The topological polar surface area (TPSA) is 76.1 Å². The molecule has 108 valence electrons. The highest BCUT2D eigenvalue weighted by Gasteiger charge is 2.60. The molecule has 2 rings (SSSR count). The minimum absolute atomic E-state index is 0.226. The number of ether oxygens (including phenoxy) is 2. The molecule has 0 aliphatic carbocycles. The molecule has 1 N–H and O–H groups in total. The molecule has 19 heavy (non-hydrogen) atoms. The van der Waals surface area contributed by atoms with E-state index < -0.39 is 29.1 Å². The summed E-state index contributed by atoms with van der Waals surface area (Å²) < 4.78 is 10.6. The van der Waals surface area contributed by atoms with Crippen molar-refractivity contribution in [1.82, 2.24) is 4.90 Å². The third-order valence-electron chi connectivity index (χ3n) is 3.82. The van der Waals surface area contributed by atoms with Gasteiger partial charge in [-0.15, -0.1) is 0 Å². The summed E-state index contributed by atoms with van der Waals surface area (Å²) in [6, 6.07) is 0. The van der Waals surface area contributed by atoms with Crippen LogP contribution < -0.4 is 0 Å². The normalized spacial score (nSPS) is 25.8. The van der Waals surface area contributed by atoms with Gasteiger partial charge >= 0.3 is 12.1 Å². The van der Waals surface area contributed by atoms with Crippen LogP contribution in [0.3, 0.4) is 0 Å². The highest BCUT2D eigenvalue weighted by molar-refractivity contribution is 5.79. The zero-order valence-electron chi connectivity index (χ0n) is 11.6. The number of carbonyl (C=O) groups is 2. The van der Waals surface area contributed by atoms with Crippen molar-refractivity contribution in [1.29, 1.82) is 0 Å². The molecule has 1 unspecified atom stereocenters. The Labute approximate surface area is 112 Å². The van der Waals surface area contributed by atoms with Crippen LogP contribution in [-0.4, -0.2) is 53.0 Å². The van der Waals surface area contributed by atoms with Crippen molar-refractivity contribution < 1.29 is 24.2 Å². The van der Waals surface area contributed by atoms with Gasteiger partial charge in [0.25, 0.3) is 0 Å². The first kappa shape index (κ1) is 14.1. The van der Waals surface area contributed by atoms with Crippen LogP contribution in [0, 0.1) is 5.92 Å². The first-order valence-corrected chi connectivity index (χ1v) is 6.57. The number of rotatable bonds is 1. The van der Waals surface area contributed by atoms with E-state index in [9.17, 15) is 14.7 Å². The third-order valence-corrected chi connectivity index (χ3v) is 3.82. The number of nitrogens with zero attached hydrogens (tertiary/aromatic N) is 1. The summed E-state index contributed by atoms with van der Waals surface area (Å²) in [5, 5.41) is 9.26. The minimum atomic E-state index is -0.846. The molecule has 0 radical (unpaired) electrons. The molecule has 2 heterocycles. The van der Waals surface area contributed by atoms with Crippen LogP contribution in [0.5, 0.6) is 0 Å². The van der Waals surface area contributed by atoms with Gasteiger partial charge in [-0.1, -0.05) is 0 Å². The van der Waals surface area contributed by atoms with Gasteiger partial charge in [0.1, 0.15) is 5.60 Å². The Morgan fingerprint density at radius 1 is 1.32 bits per heavy atom. The predicted octanol–water partition coefficient (Wildman–Crippen LogP) is 1.49. The number of hydrogen-bond acceptors (Lipinski definition) is 4. The summed E-state index contributed by atoms with van der Waals surface area (Å²) in [5.74, 6) is -1.36. The fourth-order valence-corrected chi connectivity index (χ4v) is 2.83. The lowest BCUT2D eigenvalue weighted by molar-refractivity contribution is -0.173. The van der Waals surface area contributed by atoms with E-state index in [1.165, 1.54) is 0 Å². The Balaban J connectivity index is 2.13. The predicted molar refractivity (Wildman–Crippen MR) is 66.8 cm³/mol. The summed E-state index contributed by atoms with van der Waals surface area (Å²) in [6.07, 6.45) is 0.693. The second-order valence-electron chi connectivity index (χ2n) is 6.20. The van der Waals surface area contributed by atoms with Crippen LogP contribution in [-0.2, 0) is 14.3 Å². The summed E-state index contributed by atoms with van der Waals surface area (Å²) >= 11 is 0. The first-order valence-electron chi connectivity index (χ1n) is 6.57. The molecule has 0 aromatic carbocycles. The van der Waals surface area contributed by atoms with Gasteiger partial charge in [-0.2, -0.15) is 0 Å². The number of likely N-dealkylation sites (tertiary alicyclic amines) is 1. The van der Waals surface area contributed by atoms with Gasteiger partial charge < -0.3 is 19.5 Å². The number of hydrogen-bond donors (Lipinski definition) is 1. The Kier molecular flexibility index (Phi) is 3.47. The highest BCUT2D eigenvalue weighted by atomic mass is 16.6. The first-order chi connectivity index (χ1) is 8.76. The van der Waals surface area contributed by atoms with Gasteiger partial charge in [0.2, 0.25) is 0 Å². The number of carbonyl (C=O) groups excluding carboxylic acids is 1. The second-order valence-corrected chi connectivity index (χ2v) is 6.20. The molecular formula is C13H21NO5. The maximum atomic E-state index is 12.2. The van der Waals surface area contributed by atoms with Crippen molar-refractivity contribution in [3.05, 3.63) is 0 Å². The van der Waals surface area contributed by atoms with Gasteiger partial charge in [0.15, 0.2) is 0 Å². The van der Waals surface area contributed by atoms with Crippen molar-refractivity contribution >= 4 is 12.1 Å². The highest BCUT2D eigenvalue weighted by Crippen LogP contribution is 2.45. The Morgan fingerprint density at radius 2 is 1.89 bits per heavy atom. The lowest BCUT2D eigenvalue weighted by atomic mass is 9.69. The molecule has 2 aliphatic heterocycles. The zero-order valence-corrected chi connectivity index (χ0v) is 11.6. The Hall–Kier alpha value is -1.30. The molecule has 0 aromatic rings. The third kappa shape index (κ3) is 2.54. The number of carboxylic acids is 1. The van der Waals surface area contributed by atoms with E-state index in [1.807, 2.05) is 0 Å². The summed E-state index contributed by atoms with van der Waals surface area (Å²) in [7, 11) is 0. The van der Waals surface area contributed by atoms with E-state index in [4.69, 9.17) is 9.47 Å². The molecule has 1 atom stereocenters. The van der Waals surface area contributed by atoms with E-state index in [-0.39, 0.29) is 6.54 Å². The molecule has 2 saturated heterocycles. The molecule has 6 heteroatoms. The number of carboxylic acid groups (broad SMARTS) is 1. The Bertz CT molecular complexity index is 381. The molecule has 6 nitrogen and oxygen atoms in total. The van der Waals surface area contributed by atoms with Gasteiger partial charge in [-0.25, -0.2) is 4.79 Å². The van der Waals surface area contributed by atoms with Crippen molar-refractivity contribution in [3.8, 4) is 0 Å². The van der Waals surface area contributed by atoms with Gasteiger partial charge in [-0.05, 0) is 33.6 Å². The van der Waals surface area contributed by atoms with Crippen LogP contribution >= 0.6 is 0 Å². The van der Waals surface area contributed by atoms with E-state index in [0.717, 1.165) is 0 Å². The monoisotopic (exact) mass is 271 g/mol. The zero-order chi connectivity index (χ0) is 14.3. The van der Waals surface area contributed by atoms with Gasteiger partial charge in [0, 0.05) is 19.8 Å². The van der Waals surface area contributed by atoms with Crippen LogP contribution in [0.4, 0.5) is 4.79 Å². The van der Waals surface area contributed by atoms with E-state index in [0.29, 0.717) is 26.1 Å². The summed E-state index contributed by atoms with van der Waals surface area (Å²) in [4.78, 5) is 25.0. The van der Waals surface area contributed by atoms with Gasteiger partial charge in [0.05, 0.1) is 11.5 Å². The van der Waals surface area contributed by atoms with Crippen molar-refractivity contribution in [2.45, 2.75) is 44.8 Å². The Morgan fingerprint density at radius 3 is 2.37 bits per heavy atom. The molecular weight excluding hydrogens is 250 g/mol. The number of amides is 1. The van der Waals surface area contributed by atoms with E-state index in [1.54, 1.807) is 25.7 Å². The maximum absolute atomic E-state index is 12.2. The van der Waals surface area contributed by atoms with Crippen molar-refractivity contribution in [3.63, 3.8) is 0 Å². The number of aliphatic carboxylic acids is 1. The minimum Gasteiger partial charge on any atom is -0.481 e. The molecule has 0 bridgehead atoms. The molecule has 0 aromatic heterocycles. The molecule has 0 saturated carbocycles. The smallest absolute Gasteiger partial charge is 0.410 e. The molecule has 2 aliphatic rings. The van der Waals surface area contributed by atoms with Crippen LogP contribution in [0.2, 0.25) is 0 Å². The lowest BCUT2D eigenvalue weighted by Crippen LogP contribution is -2.72. The average molecular weight is 271 g/mol. The van der Waals surface area contributed by atoms with E-state index in [2.05, 4.69) is 0 Å². The van der Waals surface area contributed by atoms with E-state index >= 15 is 0 Å². The lowest BCUT2D eigenvalue weighted by Gasteiger charge is -2.57. The fraction of sp³-hybridized carbons (Fsp3) is 0.846. The van der Waals surface area contributed by atoms with Crippen LogP contribution in [0.25, 0.3) is 0 Å². The van der Waals surface area contributed by atoms with Crippen molar-refractivity contribution in [2.75, 3.05) is 19.8 Å². The molecule has 1 spiro atoms. The van der Waals surface area contributed by atoms with Crippen LogP contribution in [0.1, 0.15) is 33.6 Å². The summed E-state index contributed by atoms with van der Waals surface area (Å²) in [5.41, 5.74) is -1.19. The molecule has 2 fully saturated rings. The maximum Gasteiger partial charge on any atom is 0.410 e. The molecule has 1 amide bonds. The fourth-order valence-electron chi connectivity index (χ4n) is 2.83. The van der Waals surface area contributed by atoms with Crippen molar-refractivity contribution in [2.24, 2.45) is 5.92 Å². The summed E-state index contributed by atoms with van der Waals surface area (Å²) in [6.45, 7) is 6.61. The average Bonchev–Trinajstić information content (AvgIpc) is 2.25. The quantitative estimate of drug-likeness (QED) is 0.782. The van der Waals surface area contributed by atoms with Gasteiger partial charge in [-0.3, -0.25) is 4.79 Å². The van der Waals surface area contributed by atoms with Crippen LogP contribution in [0.15, 0.2) is 0 Å². The SMILES string of the molecule is CC(C)(C)OC(=O)N1CC(C(=O)O)C12CCOCC2.